The summed E-state index contributed by atoms with van der Waals surface area (Å²) in [6.07, 6.45) is 0. The van der Waals surface area contributed by atoms with Gasteiger partial charge in [-0.2, -0.15) is 0 Å². The fraction of sp³-hybridized carbons (Fsp3) is 1.00. The first-order chi connectivity index (χ1) is 6.15. The lowest BCUT2D eigenvalue weighted by molar-refractivity contribution is -0.00282. The second-order valence-electron chi connectivity index (χ2n) is 5.23. The van der Waals surface area contributed by atoms with Crippen LogP contribution in [-0.2, 0) is 4.74 Å². The standard InChI is InChI=1S/C11H24ClNO/c1-9(12)11(5,6)13-7-8-14-10(2,3)4/h9,13H,7-8H2,1-6H3. The van der Waals surface area contributed by atoms with Crippen LogP contribution in [0.3, 0.4) is 0 Å². The number of alkyl halides is 1. The molecule has 0 bridgehead atoms. The van der Waals surface area contributed by atoms with Crippen molar-refractivity contribution in [3.05, 3.63) is 0 Å². The number of hydrogen-bond acceptors (Lipinski definition) is 2. The Morgan fingerprint density at radius 3 is 2.07 bits per heavy atom. The van der Waals surface area contributed by atoms with Gasteiger partial charge in [0.1, 0.15) is 0 Å². The van der Waals surface area contributed by atoms with E-state index in [0.717, 1.165) is 13.2 Å². The van der Waals surface area contributed by atoms with Gasteiger partial charge in [0, 0.05) is 17.5 Å². The van der Waals surface area contributed by atoms with Crippen molar-refractivity contribution >= 4 is 11.6 Å². The third-order valence-corrected chi connectivity index (χ3v) is 2.76. The molecule has 0 radical (unpaired) electrons. The Hall–Kier alpha value is 0.210. The van der Waals surface area contributed by atoms with Crippen molar-refractivity contribution in [3.63, 3.8) is 0 Å². The maximum absolute atomic E-state index is 6.03. The molecule has 0 saturated heterocycles. The van der Waals surface area contributed by atoms with Gasteiger partial charge in [-0.15, -0.1) is 11.6 Å². The Morgan fingerprint density at radius 2 is 1.71 bits per heavy atom. The van der Waals surface area contributed by atoms with Gasteiger partial charge in [-0.05, 0) is 41.5 Å². The first kappa shape index (κ1) is 14.2. The third-order valence-electron chi connectivity index (χ3n) is 2.21. The quantitative estimate of drug-likeness (QED) is 0.570. The molecule has 1 unspecified atom stereocenters. The van der Waals surface area contributed by atoms with Crippen LogP contribution in [-0.4, -0.2) is 29.7 Å². The predicted molar refractivity (Wildman–Crippen MR) is 63.1 cm³/mol. The molecule has 14 heavy (non-hydrogen) atoms. The lowest BCUT2D eigenvalue weighted by atomic mass is 10.0. The van der Waals surface area contributed by atoms with E-state index in [-0.39, 0.29) is 16.5 Å². The van der Waals surface area contributed by atoms with E-state index in [1.807, 2.05) is 6.92 Å². The predicted octanol–water partition coefficient (Wildman–Crippen LogP) is 2.80. The minimum absolute atomic E-state index is 0.0389. The molecule has 0 aliphatic rings. The van der Waals surface area contributed by atoms with E-state index in [1.54, 1.807) is 0 Å². The van der Waals surface area contributed by atoms with Gasteiger partial charge >= 0.3 is 0 Å². The molecule has 0 fully saturated rings. The highest BCUT2D eigenvalue weighted by Gasteiger charge is 2.22. The minimum Gasteiger partial charge on any atom is -0.375 e. The second kappa shape index (κ2) is 5.34. The van der Waals surface area contributed by atoms with Crippen LogP contribution in [0.15, 0.2) is 0 Å². The van der Waals surface area contributed by atoms with Crippen molar-refractivity contribution < 1.29 is 4.74 Å². The molecule has 2 nitrogen and oxygen atoms in total. The van der Waals surface area contributed by atoms with Gasteiger partial charge in [-0.3, -0.25) is 0 Å². The monoisotopic (exact) mass is 221 g/mol. The highest BCUT2D eigenvalue weighted by Crippen LogP contribution is 2.14. The van der Waals surface area contributed by atoms with Gasteiger partial charge < -0.3 is 10.1 Å². The van der Waals surface area contributed by atoms with E-state index in [1.165, 1.54) is 0 Å². The topological polar surface area (TPSA) is 21.3 Å². The summed E-state index contributed by atoms with van der Waals surface area (Å²) in [5, 5.41) is 3.48. The molecule has 0 aliphatic heterocycles. The number of halogens is 1. The van der Waals surface area contributed by atoms with Gasteiger partial charge in [-0.25, -0.2) is 0 Å². The summed E-state index contributed by atoms with van der Waals surface area (Å²) in [5.74, 6) is 0. The lowest BCUT2D eigenvalue weighted by Gasteiger charge is -2.30. The number of ether oxygens (including phenoxy) is 1. The van der Waals surface area contributed by atoms with Crippen molar-refractivity contribution in [2.75, 3.05) is 13.2 Å². The first-order valence-electron chi connectivity index (χ1n) is 5.18. The summed E-state index contributed by atoms with van der Waals surface area (Å²) in [7, 11) is 0. The molecule has 0 aromatic heterocycles. The van der Waals surface area contributed by atoms with Gasteiger partial charge in [-0.1, -0.05) is 0 Å². The maximum atomic E-state index is 6.03. The van der Waals surface area contributed by atoms with E-state index in [9.17, 15) is 0 Å². The normalized spacial score (nSPS) is 15.6. The Balaban J connectivity index is 3.65. The molecule has 0 aromatic carbocycles. The molecular formula is C11H24ClNO. The zero-order valence-corrected chi connectivity index (χ0v) is 11.0. The van der Waals surface area contributed by atoms with Crippen molar-refractivity contribution in [2.24, 2.45) is 0 Å². The lowest BCUT2D eigenvalue weighted by Crippen LogP contribution is -2.47. The molecule has 1 N–H and O–H groups in total. The smallest absolute Gasteiger partial charge is 0.0599 e. The second-order valence-corrected chi connectivity index (χ2v) is 5.88. The number of nitrogens with one attached hydrogen (secondary N) is 1. The first-order valence-corrected chi connectivity index (χ1v) is 5.62. The highest BCUT2D eigenvalue weighted by molar-refractivity contribution is 6.21. The molecule has 0 rings (SSSR count). The van der Waals surface area contributed by atoms with E-state index in [2.05, 4.69) is 39.9 Å². The Morgan fingerprint density at radius 1 is 1.21 bits per heavy atom. The molecule has 0 amide bonds. The van der Waals surface area contributed by atoms with Crippen molar-refractivity contribution in [1.82, 2.24) is 5.32 Å². The van der Waals surface area contributed by atoms with Crippen LogP contribution in [0, 0.1) is 0 Å². The van der Waals surface area contributed by atoms with Gasteiger partial charge in [0.15, 0.2) is 0 Å². The fourth-order valence-electron chi connectivity index (χ4n) is 0.871. The van der Waals surface area contributed by atoms with Gasteiger partial charge in [0.2, 0.25) is 0 Å². The third kappa shape index (κ3) is 6.63. The van der Waals surface area contributed by atoms with Crippen LogP contribution in [0.25, 0.3) is 0 Å². The van der Waals surface area contributed by atoms with E-state index in [0.29, 0.717) is 0 Å². The largest absolute Gasteiger partial charge is 0.375 e. The molecule has 0 saturated carbocycles. The van der Waals surface area contributed by atoms with Crippen LogP contribution in [0.5, 0.6) is 0 Å². The molecule has 0 spiro atoms. The zero-order chi connectivity index (χ0) is 11.4. The molecule has 0 heterocycles. The summed E-state index contributed by atoms with van der Waals surface area (Å²) in [6, 6.07) is 0. The number of hydrogen-bond donors (Lipinski definition) is 1. The molecular weight excluding hydrogens is 198 g/mol. The fourth-order valence-corrected chi connectivity index (χ4v) is 0.948. The Labute approximate surface area is 93.4 Å². The molecule has 0 aliphatic carbocycles. The van der Waals surface area contributed by atoms with Crippen LogP contribution in [0.2, 0.25) is 0 Å². The molecule has 3 heteroatoms. The minimum atomic E-state index is -0.0571. The van der Waals surface area contributed by atoms with Crippen LogP contribution >= 0.6 is 11.6 Å². The van der Waals surface area contributed by atoms with Crippen LogP contribution in [0.1, 0.15) is 41.5 Å². The van der Waals surface area contributed by atoms with Gasteiger partial charge in [0.25, 0.3) is 0 Å². The summed E-state index contributed by atoms with van der Waals surface area (Å²) in [6.45, 7) is 13.9. The zero-order valence-electron chi connectivity index (χ0n) is 10.3. The summed E-state index contributed by atoms with van der Waals surface area (Å²) in [5.41, 5.74) is -0.0960. The summed E-state index contributed by atoms with van der Waals surface area (Å²) >= 11 is 6.03. The van der Waals surface area contributed by atoms with E-state index < -0.39 is 0 Å². The molecule has 1 atom stereocenters. The Bertz CT molecular complexity index is 161. The van der Waals surface area contributed by atoms with Crippen molar-refractivity contribution in [2.45, 2.75) is 58.1 Å². The average Bonchev–Trinajstić information content (AvgIpc) is 1.96. The molecule has 86 valence electrons. The maximum Gasteiger partial charge on any atom is 0.0599 e. The van der Waals surface area contributed by atoms with Gasteiger partial charge in [0.05, 0.1) is 12.2 Å². The van der Waals surface area contributed by atoms with Crippen LogP contribution < -0.4 is 5.32 Å². The van der Waals surface area contributed by atoms with Crippen molar-refractivity contribution in [1.29, 1.82) is 0 Å². The van der Waals surface area contributed by atoms with Crippen LogP contribution in [0.4, 0.5) is 0 Å². The van der Waals surface area contributed by atoms with E-state index >= 15 is 0 Å². The SMILES string of the molecule is CC(Cl)C(C)(C)NCCOC(C)(C)C. The summed E-state index contributed by atoms with van der Waals surface area (Å²) in [4.78, 5) is 0. The molecule has 0 aromatic rings. The Kier molecular flexibility index (Phi) is 5.42. The number of rotatable bonds is 5. The van der Waals surface area contributed by atoms with Crippen molar-refractivity contribution in [3.8, 4) is 0 Å². The average molecular weight is 222 g/mol. The summed E-state index contributed by atoms with van der Waals surface area (Å²) < 4.78 is 5.60. The highest BCUT2D eigenvalue weighted by atomic mass is 35.5. The van der Waals surface area contributed by atoms with E-state index in [4.69, 9.17) is 16.3 Å².